The van der Waals surface area contributed by atoms with Crippen molar-refractivity contribution in [2.24, 2.45) is 10.2 Å². The second-order valence-electron chi connectivity index (χ2n) is 4.93. The van der Waals surface area contributed by atoms with E-state index in [0.717, 1.165) is 10.8 Å². The summed E-state index contributed by atoms with van der Waals surface area (Å²) < 4.78 is 0. The molecule has 0 unspecified atom stereocenters. The Morgan fingerprint density at radius 2 is 1.58 bits per heavy atom. The van der Waals surface area contributed by atoms with Gasteiger partial charge in [-0.2, -0.15) is 0 Å². The molecule has 3 aromatic rings. The summed E-state index contributed by atoms with van der Waals surface area (Å²) in [5, 5.41) is 20.8. The molecule has 3 aromatic carbocycles. The number of hydrogen-bond acceptors (Lipinski definition) is 5. The van der Waals surface area contributed by atoms with E-state index in [1.165, 1.54) is 12.1 Å². The van der Waals surface area contributed by atoms with Gasteiger partial charge in [-0.3, -0.25) is 10.1 Å². The standard InChI is InChI=1S/C16H10Cl2N4O2/c17-12-7-9(22(23)24)8-13(18)16(12)21-20-15-6-5-14(19)10-3-1-2-4-11(10)15/h1-8H,19H2/b21-20+. The molecule has 0 aromatic heterocycles. The number of rotatable bonds is 3. The molecule has 0 radical (unpaired) electrons. The lowest BCUT2D eigenvalue weighted by Gasteiger charge is -2.05. The fourth-order valence-corrected chi connectivity index (χ4v) is 2.80. The maximum absolute atomic E-state index is 10.8. The largest absolute Gasteiger partial charge is 0.398 e. The maximum Gasteiger partial charge on any atom is 0.272 e. The molecule has 120 valence electrons. The topological polar surface area (TPSA) is 93.9 Å². The molecule has 8 heteroatoms. The molecule has 2 N–H and O–H groups in total. The maximum atomic E-state index is 10.8. The van der Waals surface area contributed by atoms with Crippen molar-refractivity contribution in [2.75, 3.05) is 5.73 Å². The van der Waals surface area contributed by atoms with Crippen molar-refractivity contribution >= 4 is 56.7 Å². The van der Waals surface area contributed by atoms with Gasteiger partial charge in [-0.25, -0.2) is 0 Å². The van der Waals surface area contributed by atoms with E-state index in [0.29, 0.717) is 11.4 Å². The Morgan fingerprint density at radius 3 is 2.21 bits per heavy atom. The number of fused-ring (bicyclic) bond motifs is 1. The molecule has 0 heterocycles. The van der Waals surface area contributed by atoms with E-state index in [1.54, 1.807) is 12.1 Å². The number of nitrogens with two attached hydrogens (primary N) is 1. The fourth-order valence-electron chi connectivity index (χ4n) is 2.25. The van der Waals surface area contributed by atoms with Crippen LogP contribution < -0.4 is 5.73 Å². The number of nitrogens with zero attached hydrogens (tertiary/aromatic N) is 3. The van der Waals surface area contributed by atoms with E-state index in [4.69, 9.17) is 28.9 Å². The molecule has 0 bridgehead atoms. The van der Waals surface area contributed by atoms with Crippen LogP contribution in [0.15, 0.2) is 58.8 Å². The van der Waals surface area contributed by atoms with Crippen LogP contribution in [0, 0.1) is 10.1 Å². The monoisotopic (exact) mass is 360 g/mol. The van der Waals surface area contributed by atoms with Crippen LogP contribution in [0.4, 0.5) is 22.7 Å². The molecule has 6 nitrogen and oxygen atoms in total. The number of azo groups is 1. The zero-order chi connectivity index (χ0) is 17.3. The zero-order valence-electron chi connectivity index (χ0n) is 12.1. The lowest BCUT2D eigenvalue weighted by atomic mass is 10.1. The molecule has 3 rings (SSSR count). The van der Waals surface area contributed by atoms with Gasteiger partial charge in [-0.05, 0) is 12.1 Å². The summed E-state index contributed by atoms with van der Waals surface area (Å²) >= 11 is 12.1. The third-order valence-corrected chi connectivity index (χ3v) is 3.98. The first-order valence-electron chi connectivity index (χ1n) is 6.80. The summed E-state index contributed by atoms with van der Waals surface area (Å²) in [6.07, 6.45) is 0. The molecule has 0 amide bonds. The number of anilines is 1. The lowest BCUT2D eigenvalue weighted by Crippen LogP contribution is -1.88. The van der Waals surface area contributed by atoms with Gasteiger partial charge in [0.25, 0.3) is 5.69 Å². The van der Waals surface area contributed by atoms with Crippen molar-refractivity contribution in [3.8, 4) is 0 Å². The minimum atomic E-state index is -0.577. The van der Waals surface area contributed by atoms with E-state index in [1.807, 2.05) is 24.3 Å². The summed E-state index contributed by atoms with van der Waals surface area (Å²) in [5.74, 6) is 0. The van der Waals surface area contributed by atoms with Crippen LogP contribution in [-0.4, -0.2) is 4.92 Å². The summed E-state index contributed by atoms with van der Waals surface area (Å²) in [7, 11) is 0. The minimum absolute atomic E-state index is 0.0534. The number of halogens is 2. The first-order valence-corrected chi connectivity index (χ1v) is 7.55. The van der Waals surface area contributed by atoms with Gasteiger partial charge in [-0.15, -0.1) is 10.2 Å². The van der Waals surface area contributed by atoms with E-state index in [9.17, 15) is 10.1 Å². The Morgan fingerprint density at radius 1 is 0.958 bits per heavy atom. The summed E-state index contributed by atoms with van der Waals surface area (Å²) in [4.78, 5) is 10.2. The summed E-state index contributed by atoms with van der Waals surface area (Å²) in [6.45, 7) is 0. The first kappa shape index (κ1) is 16.2. The highest BCUT2D eigenvalue weighted by Gasteiger charge is 2.14. The van der Waals surface area contributed by atoms with Crippen molar-refractivity contribution in [2.45, 2.75) is 0 Å². The van der Waals surface area contributed by atoms with Gasteiger partial charge < -0.3 is 5.73 Å². The van der Waals surface area contributed by atoms with E-state index in [2.05, 4.69) is 10.2 Å². The van der Waals surface area contributed by atoms with Crippen LogP contribution in [0.25, 0.3) is 10.8 Å². The first-order chi connectivity index (χ1) is 11.5. The third-order valence-electron chi connectivity index (χ3n) is 3.40. The van der Waals surface area contributed by atoms with Crippen molar-refractivity contribution in [1.82, 2.24) is 0 Å². The number of benzene rings is 3. The smallest absolute Gasteiger partial charge is 0.272 e. The highest BCUT2D eigenvalue weighted by molar-refractivity contribution is 6.39. The van der Waals surface area contributed by atoms with Crippen LogP contribution in [0.5, 0.6) is 0 Å². The molecule has 0 spiro atoms. The van der Waals surface area contributed by atoms with Crippen LogP contribution in [0.3, 0.4) is 0 Å². The number of nitro benzene ring substituents is 1. The van der Waals surface area contributed by atoms with Crippen LogP contribution in [0.1, 0.15) is 0 Å². The SMILES string of the molecule is Nc1ccc(/N=N/c2c(Cl)cc([N+](=O)[O-])cc2Cl)c2ccccc12. The van der Waals surface area contributed by atoms with Gasteiger partial charge in [-0.1, -0.05) is 47.5 Å². The van der Waals surface area contributed by atoms with Crippen molar-refractivity contribution < 1.29 is 4.92 Å². The van der Waals surface area contributed by atoms with Gasteiger partial charge in [0.1, 0.15) is 5.69 Å². The van der Waals surface area contributed by atoms with Gasteiger partial charge in [0, 0.05) is 28.6 Å². The average Bonchev–Trinajstić information content (AvgIpc) is 2.56. The molecule has 24 heavy (non-hydrogen) atoms. The molecular weight excluding hydrogens is 351 g/mol. The molecule has 0 aliphatic carbocycles. The summed E-state index contributed by atoms with van der Waals surface area (Å²) in [5.41, 5.74) is 7.14. The van der Waals surface area contributed by atoms with Gasteiger partial charge >= 0.3 is 0 Å². The lowest BCUT2D eigenvalue weighted by molar-refractivity contribution is -0.384. The molecule has 0 saturated heterocycles. The van der Waals surface area contributed by atoms with Crippen molar-refractivity contribution in [1.29, 1.82) is 0 Å². The zero-order valence-corrected chi connectivity index (χ0v) is 13.6. The molecule has 0 fully saturated rings. The van der Waals surface area contributed by atoms with E-state index < -0.39 is 4.92 Å². The molecule has 0 aliphatic rings. The van der Waals surface area contributed by atoms with Crippen LogP contribution in [-0.2, 0) is 0 Å². The summed E-state index contributed by atoms with van der Waals surface area (Å²) in [6, 6.07) is 13.3. The van der Waals surface area contributed by atoms with Crippen LogP contribution >= 0.6 is 23.2 Å². The Kier molecular flexibility index (Phi) is 4.33. The molecule has 0 aliphatic heterocycles. The Balaban J connectivity index is 2.07. The molecular formula is C16H10Cl2N4O2. The van der Waals surface area contributed by atoms with Crippen molar-refractivity contribution in [3.63, 3.8) is 0 Å². The second-order valence-corrected chi connectivity index (χ2v) is 5.75. The quantitative estimate of drug-likeness (QED) is 0.266. The molecule has 0 saturated carbocycles. The van der Waals surface area contributed by atoms with E-state index in [-0.39, 0.29) is 21.4 Å². The number of nitro groups is 1. The van der Waals surface area contributed by atoms with E-state index >= 15 is 0 Å². The number of non-ortho nitro benzene ring substituents is 1. The normalized spacial score (nSPS) is 11.2. The predicted octanol–water partition coefficient (Wildman–Crippen LogP) is 6.05. The highest BCUT2D eigenvalue weighted by atomic mass is 35.5. The second kappa shape index (κ2) is 6.43. The fraction of sp³-hybridized carbons (Fsp3) is 0. The van der Waals surface area contributed by atoms with Gasteiger partial charge in [0.15, 0.2) is 0 Å². The van der Waals surface area contributed by atoms with Crippen molar-refractivity contribution in [3.05, 3.63) is 68.7 Å². The third kappa shape index (κ3) is 3.02. The number of nitrogen functional groups attached to an aromatic ring is 1. The predicted molar refractivity (Wildman–Crippen MR) is 95.7 cm³/mol. The van der Waals surface area contributed by atoms with Gasteiger partial charge in [0.2, 0.25) is 0 Å². The average molecular weight is 361 g/mol. The van der Waals surface area contributed by atoms with Gasteiger partial charge in [0.05, 0.1) is 20.7 Å². The Hall–Kier alpha value is -2.70. The van der Waals surface area contributed by atoms with Crippen LogP contribution in [0.2, 0.25) is 10.0 Å². The highest BCUT2D eigenvalue weighted by Crippen LogP contribution is 2.38. The molecule has 0 atom stereocenters. The Bertz CT molecular complexity index is 966. The Labute approximate surface area is 146 Å². The number of hydrogen-bond donors (Lipinski definition) is 1. The minimum Gasteiger partial charge on any atom is -0.398 e.